The SMILES string of the molecule is Nc1sc(-n2cnc3cc(C(=O)NCCN4CCOCC4)ccc32)cc1OCc1ccccc1C(F)(F)F. The number of fused-ring (bicyclic) bond motifs is 1. The van der Waals surface area contributed by atoms with Crippen LogP contribution in [0.1, 0.15) is 21.5 Å². The minimum atomic E-state index is -4.47. The van der Waals surface area contributed by atoms with Crippen LogP contribution >= 0.6 is 11.3 Å². The molecule has 3 N–H and O–H groups in total. The van der Waals surface area contributed by atoms with Crippen LogP contribution in [0.3, 0.4) is 0 Å². The number of halogens is 3. The van der Waals surface area contributed by atoms with Crippen molar-refractivity contribution in [3.8, 4) is 10.8 Å². The van der Waals surface area contributed by atoms with E-state index in [1.54, 1.807) is 35.2 Å². The number of nitrogens with one attached hydrogen (secondary N) is 1. The molecule has 0 bridgehead atoms. The first-order valence-corrected chi connectivity index (χ1v) is 12.8. The Morgan fingerprint density at radius 2 is 1.95 bits per heavy atom. The minimum absolute atomic E-state index is 0.0241. The third kappa shape index (κ3) is 5.77. The van der Waals surface area contributed by atoms with E-state index in [0.29, 0.717) is 46.6 Å². The molecule has 2 aromatic heterocycles. The first kappa shape index (κ1) is 26.0. The number of imidazole rings is 1. The number of ether oxygens (including phenoxy) is 2. The van der Waals surface area contributed by atoms with Gasteiger partial charge in [-0.25, -0.2) is 4.98 Å². The molecular weight excluding hydrogens is 519 g/mol. The predicted octanol–water partition coefficient (Wildman–Crippen LogP) is 4.33. The molecule has 4 aromatic rings. The number of benzene rings is 2. The third-order valence-corrected chi connectivity index (χ3v) is 7.23. The van der Waals surface area contributed by atoms with Crippen LogP contribution in [-0.2, 0) is 17.5 Å². The summed E-state index contributed by atoms with van der Waals surface area (Å²) < 4.78 is 52.7. The number of alkyl halides is 3. The quantitative estimate of drug-likeness (QED) is 0.342. The number of nitrogens with zero attached hydrogens (tertiary/aromatic N) is 3. The molecule has 0 spiro atoms. The Morgan fingerprint density at radius 3 is 2.74 bits per heavy atom. The van der Waals surface area contributed by atoms with Crippen LogP contribution in [0.4, 0.5) is 18.2 Å². The Bertz CT molecular complexity index is 1430. The number of carbonyl (C=O) groups excluding carboxylic acids is 1. The Balaban J connectivity index is 1.26. The molecule has 12 heteroatoms. The van der Waals surface area contributed by atoms with Crippen molar-refractivity contribution >= 4 is 33.3 Å². The maximum Gasteiger partial charge on any atom is 0.416 e. The molecular formula is C26H26F3N5O3S. The van der Waals surface area contributed by atoms with Gasteiger partial charge in [0.1, 0.15) is 22.9 Å². The van der Waals surface area contributed by atoms with Crippen LogP contribution < -0.4 is 15.8 Å². The van der Waals surface area contributed by atoms with Crippen LogP contribution in [0.25, 0.3) is 16.0 Å². The van der Waals surface area contributed by atoms with Crippen molar-refractivity contribution < 1.29 is 27.4 Å². The number of anilines is 1. The number of amides is 1. The van der Waals surface area contributed by atoms with E-state index in [4.69, 9.17) is 15.2 Å². The summed E-state index contributed by atoms with van der Waals surface area (Å²) in [5.74, 6) is 0.116. The van der Waals surface area contributed by atoms with E-state index in [0.717, 1.165) is 31.2 Å². The third-order valence-electron chi connectivity index (χ3n) is 6.28. The summed E-state index contributed by atoms with van der Waals surface area (Å²) in [4.78, 5) is 19.3. The molecule has 8 nitrogen and oxygen atoms in total. The highest BCUT2D eigenvalue weighted by Crippen LogP contribution is 2.37. The maximum absolute atomic E-state index is 13.3. The lowest BCUT2D eigenvalue weighted by Gasteiger charge is -2.26. The maximum atomic E-state index is 13.3. The molecule has 0 atom stereocenters. The standard InChI is InChI=1S/C26H26F3N5O3S/c27-26(28,29)19-4-2-1-3-18(19)15-37-22-14-23(38-24(22)30)34-16-32-20-13-17(5-6-21(20)34)25(35)31-7-8-33-9-11-36-12-10-33/h1-6,13-14,16H,7-12,15,30H2,(H,31,35). The van der Waals surface area contributed by atoms with Gasteiger partial charge in [0, 0.05) is 43.4 Å². The summed E-state index contributed by atoms with van der Waals surface area (Å²) in [5.41, 5.74) is 7.28. The minimum Gasteiger partial charge on any atom is -0.486 e. The average molecular weight is 546 g/mol. The number of aromatic nitrogens is 2. The summed E-state index contributed by atoms with van der Waals surface area (Å²) in [6, 6.07) is 12.2. The average Bonchev–Trinajstić information content (AvgIpc) is 3.50. The van der Waals surface area contributed by atoms with Gasteiger partial charge < -0.3 is 20.5 Å². The first-order valence-electron chi connectivity index (χ1n) is 12.0. The Morgan fingerprint density at radius 1 is 1.16 bits per heavy atom. The van der Waals surface area contributed by atoms with Gasteiger partial charge in [-0.15, -0.1) is 0 Å². The van der Waals surface area contributed by atoms with Gasteiger partial charge in [0.25, 0.3) is 5.91 Å². The van der Waals surface area contributed by atoms with Gasteiger partial charge >= 0.3 is 6.18 Å². The summed E-state index contributed by atoms with van der Waals surface area (Å²) >= 11 is 1.23. The molecule has 1 amide bonds. The Labute approximate surface area is 220 Å². The van der Waals surface area contributed by atoms with E-state index in [1.807, 2.05) is 0 Å². The molecule has 0 saturated carbocycles. The largest absolute Gasteiger partial charge is 0.486 e. The number of thiophene rings is 1. The molecule has 0 unspecified atom stereocenters. The summed E-state index contributed by atoms with van der Waals surface area (Å²) in [6.07, 6.45) is -2.86. The number of hydrogen-bond acceptors (Lipinski definition) is 7. The van der Waals surface area contributed by atoms with Crippen molar-refractivity contribution in [2.75, 3.05) is 45.1 Å². The second-order valence-corrected chi connectivity index (χ2v) is 9.85. The van der Waals surface area contributed by atoms with Crippen molar-refractivity contribution in [3.05, 3.63) is 71.5 Å². The summed E-state index contributed by atoms with van der Waals surface area (Å²) in [6.45, 7) is 4.17. The van der Waals surface area contributed by atoms with Gasteiger partial charge in [0.15, 0.2) is 5.75 Å². The number of carbonyl (C=O) groups is 1. The Kier molecular flexibility index (Phi) is 7.54. The first-order chi connectivity index (χ1) is 18.3. The molecule has 38 heavy (non-hydrogen) atoms. The molecule has 5 rings (SSSR count). The second kappa shape index (κ2) is 11.0. The lowest BCUT2D eigenvalue weighted by Crippen LogP contribution is -2.41. The molecule has 2 aromatic carbocycles. The number of nitrogens with two attached hydrogens (primary N) is 1. The molecule has 3 heterocycles. The molecule has 1 fully saturated rings. The lowest BCUT2D eigenvalue weighted by atomic mass is 10.1. The van der Waals surface area contributed by atoms with Crippen molar-refractivity contribution in [1.29, 1.82) is 0 Å². The van der Waals surface area contributed by atoms with Gasteiger partial charge in [-0.3, -0.25) is 14.3 Å². The zero-order valence-corrected chi connectivity index (χ0v) is 21.1. The smallest absolute Gasteiger partial charge is 0.416 e. The van der Waals surface area contributed by atoms with Gasteiger partial charge in [-0.05, 0) is 24.3 Å². The highest BCUT2D eigenvalue weighted by molar-refractivity contribution is 7.18. The van der Waals surface area contributed by atoms with Crippen molar-refractivity contribution in [1.82, 2.24) is 19.8 Å². The van der Waals surface area contributed by atoms with Crippen LogP contribution in [0.15, 0.2) is 54.9 Å². The van der Waals surface area contributed by atoms with Gasteiger partial charge in [-0.2, -0.15) is 13.2 Å². The highest BCUT2D eigenvalue weighted by Gasteiger charge is 2.33. The van der Waals surface area contributed by atoms with Crippen LogP contribution in [0, 0.1) is 0 Å². The number of rotatable bonds is 8. The molecule has 1 aliphatic rings. The fourth-order valence-electron chi connectivity index (χ4n) is 4.27. The van der Waals surface area contributed by atoms with E-state index in [9.17, 15) is 18.0 Å². The summed E-state index contributed by atoms with van der Waals surface area (Å²) in [7, 11) is 0. The predicted molar refractivity (Wildman–Crippen MR) is 139 cm³/mol. The van der Waals surface area contributed by atoms with Gasteiger partial charge in [0.05, 0.1) is 29.8 Å². The van der Waals surface area contributed by atoms with Crippen molar-refractivity contribution in [2.45, 2.75) is 12.8 Å². The van der Waals surface area contributed by atoms with Crippen LogP contribution in [0.5, 0.6) is 5.75 Å². The van der Waals surface area contributed by atoms with E-state index < -0.39 is 11.7 Å². The topological polar surface area (TPSA) is 94.6 Å². The van der Waals surface area contributed by atoms with Gasteiger partial charge in [0.2, 0.25) is 0 Å². The fourth-order valence-corrected chi connectivity index (χ4v) is 5.12. The zero-order chi connectivity index (χ0) is 26.7. The highest BCUT2D eigenvalue weighted by atomic mass is 32.1. The monoisotopic (exact) mass is 545 g/mol. The van der Waals surface area contributed by atoms with Crippen LogP contribution in [0.2, 0.25) is 0 Å². The fraction of sp³-hybridized carbons (Fsp3) is 0.308. The number of nitrogen functional groups attached to an aromatic ring is 1. The zero-order valence-electron chi connectivity index (χ0n) is 20.3. The lowest BCUT2D eigenvalue weighted by molar-refractivity contribution is -0.138. The van der Waals surface area contributed by atoms with Crippen molar-refractivity contribution in [3.63, 3.8) is 0 Å². The van der Waals surface area contributed by atoms with E-state index in [1.165, 1.54) is 29.5 Å². The number of morpholine rings is 1. The van der Waals surface area contributed by atoms with Crippen molar-refractivity contribution in [2.24, 2.45) is 0 Å². The molecule has 1 aliphatic heterocycles. The van der Waals surface area contributed by atoms with E-state index in [2.05, 4.69) is 15.2 Å². The number of hydrogen-bond donors (Lipinski definition) is 2. The molecule has 0 radical (unpaired) electrons. The Hall–Kier alpha value is -3.61. The van der Waals surface area contributed by atoms with Crippen LogP contribution in [-0.4, -0.2) is 59.8 Å². The van der Waals surface area contributed by atoms with Gasteiger partial charge in [-0.1, -0.05) is 29.5 Å². The normalized spacial score (nSPS) is 14.6. The summed E-state index contributed by atoms with van der Waals surface area (Å²) in [5, 5.41) is 3.97. The second-order valence-electron chi connectivity index (χ2n) is 8.78. The molecule has 0 aliphatic carbocycles. The molecule has 200 valence electrons. The van der Waals surface area contributed by atoms with E-state index in [-0.39, 0.29) is 18.1 Å². The van der Waals surface area contributed by atoms with E-state index >= 15 is 0 Å². The molecule has 1 saturated heterocycles.